The number of urea groups is 2. The van der Waals surface area contributed by atoms with Crippen LogP contribution in [0.25, 0.3) is 0 Å². The summed E-state index contributed by atoms with van der Waals surface area (Å²) in [7, 11) is 0. The third kappa shape index (κ3) is 4.50. The third-order valence-corrected chi connectivity index (χ3v) is 5.69. The second-order valence-corrected chi connectivity index (χ2v) is 8.38. The van der Waals surface area contributed by atoms with Crippen LogP contribution in [0, 0.1) is 0 Å². The number of nitrogens with one attached hydrogen (secondary N) is 3. The molecule has 0 aliphatic carbocycles. The van der Waals surface area contributed by atoms with Crippen molar-refractivity contribution in [1.82, 2.24) is 15.5 Å². The smallest absolute Gasteiger partial charge is 0.325 e. The number of carbonyl (C=O) groups is 4. The van der Waals surface area contributed by atoms with E-state index < -0.39 is 36.0 Å². The molecule has 0 spiro atoms. The first-order valence-corrected chi connectivity index (χ1v) is 10.8. The van der Waals surface area contributed by atoms with Crippen LogP contribution < -0.4 is 34.9 Å². The van der Waals surface area contributed by atoms with E-state index in [1.54, 1.807) is 43.3 Å². The lowest BCUT2D eigenvalue weighted by Crippen LogP contribution is -2.47. The number of rotatable bonds is 5. The van der Waals surface area contributed by atoms with Gasteiger partial charge >= 0.3 is 12.1 Å². The van der Waals surface area contributed by atoms with Gasteiger partial charge in [-0.15, -0.1) is 0 Å². The fourth-order valence-corrected chi connectivity index (χ4v) is 4.06. The molecule has 2 aromatic carbocycles. The molecule has 3 aliphatic rings. The van der Waals surface area contributed by atoms with Crippen LogP contribution in [-0.4, -0.2) is 60.9 Å². The summed E-state index contributed by atoms with van der Waals surface area (Å²) in [6.07, 6.45) is 0.178. The average molecular weight is 482 g/mol. The van der Waals surface area contributed by atoms with Crippen LogP contribution in [0.3, 0.4) is 0 Å². The van der Waals surface area contributed by atoms with Crippen LogP contribution in [0.5, 0.6) is 23.0 Å². The van der Waals surface area contributed by atoms with Crippen LogP contribution in [-0.2, 0) is 16.0 Å². The number of ether oxygens (including phenoxy) is 4. The van der Waals surface area contributed by atoms with Crippen molar-refractivity contribution in [3.63, 3.8) is 0 Å². The van der Waals surface area contributed by atoms with E-state index in [-0.39, 0.29) is 13.2 Å². The molecule has 182 valence electrons. The molecular formula is C23H22N4O8. The molecular weight excluding hydrogens is 460 g/mol. The Morgan fingerprint density at radius 3 is 2.49 bits per heavy atom. The number of hydrogen-bond acceptors (Lipinski definition) is 8. The standard InChI is InChI=1S/C23H22N4O8/c1-23(10-13-2-4-16-17(8-13)35-12-34-16)20(29)27(22(31)26-23)11-19(28)25-21(30)24-14-3-5-15-18(9-14)33-7-6-32-15/h2-5,8-9H,6-7,10-12H2,1H3,(H,26,31)(H2,24,25,28,30). The second kappa shape index (κ2) is 8.70. The van der Waals surface area contributed by atoms with E-state index in [1.807, 2.05) is 0 Å². The quantitative estimate of drug-likeness (QED) is 0.543. The highest BCUT2D eigenvalue weighted by molar-refractivity contribution is 6.10. The van der Waals surface area contributed by atoms with E-state index in [1.165, 1.54) is 0 Å². The fraction of sp³-hybridized carbons (Fsp3) is 0.304. The Balaban J connectivity index is 1.18. The Morgan fingerprint density at radius 1 is 0.971 bits per heavy atom. The number of carbonyl (C=O) groups excluding carboxylic acids is 4. The van der Waals surface area contributed by atoms with Gasteiger partial charge in [-0.3, -0.25) is 19.8 Å². The van der Waals surface area contributed by atoms with Gasteiger partial charge in [0.05, 0.1) is 0 Å². The van der Waals surface area contributed by atoms with Gasteiger partial charge in [0.15, 0.2) is 23.0 Å². The van der Waals surface area contributed by atoms with E-state index >= 15 is 0 Å². The van der Waals surface area contributed by atoms with Crippen LogP contribution in [0.2, 0.25) is 0 Å². The lowest BCUT2D eigenvalue weighted by Gasteiger charge is -2.22. The first-order chi connectivity index (χ1) is 16.8. The zero-order chi connectivity index (χ0) is 24.6. The summed E-state index contributed by atoms with van der Waals surface area (Å²) >= 11 is 0. The monoisotopic (exact) mass is 482 g/mol. The Labute approximate surface area is 199 Å². The fourth-order valence-electron chi connectivity index (χ4n) is 4.06. The number of benzene rings is 2. The minimum absolute atomic E-state index is 0.122. The predicted octanol–water partition coefficient (Wildman–Crippen LogP) is 1.39. The van der Waals surface area contributed by atoms with Gasteiger partial charge < -0.3 is 29.6 Å². The maximum atomic E-state index is 13.0. The molecule has 12 nitrogen and oxygen atoms in total. The molecule has 35 heavy (non-hydrogen) atoms. The largest absolute Gasteiger partial charge is 0.486 e. The highest BCUT2D eigenvalue weighted by Crippen LogP contribution is 2.34. The lowest BCUT2D eigenvalue weighted by molar-refractivity contribution is -0.134. The van der Waals surface area contributed by atoms with Crippen LogP contribution >= 0.6 is 0 Å². The number of fused-ring (bicyclic) bond motifs is 2. The summed E-state index contributed by atoms with van der Waals surface area (Å²) in [6.45, 7) is 1.91. The Kier molecular flexibility index (Phi) is 5.55. The van der Waals surface area contributed by atoms with Crippen LogP contribution in [0.4, 0.5) is 15.3 Å². The minimum atomic E-state index is -1.27. The van der Waals surface area contributed by atoms with Crippen molar-refractivity contribution in [2.75, 3.05) is 31.9 Å². The summed E-state index contributed by atoms with van der Waals surface area (Å²) in [5.41, 5.74) is -0.139. The van der Waals surface area contributed by atoms with Gasteiger partial charge in [-0.2, -0.15) is 0 Å². The first-order valence-electron chi connectivity index (χ1n) is 10.8. The number of imide groups is 2. The van der Waals surface area contributed by atoms with Crippen molar-refractivity contribution in [2.45, 2.75) is 18.9 Å². The van der Waals surface area contributed by atoms with Crippen LogP contribution in [0.1, 0.15) is 12.5 Å². The molecule has 1 atom stereocenters. The van der Waals surface area contributed by atoms with E-state index in [0.29, 0.717) is 41.9 Å². The third-order valence-electron chi connectivity index (χ3n) is 5.69. The van der Waals surface area contributed by atoms with Crippen LogP contribution in [0.15, 0.2) is 36.4 Å². The number of hydrogen-bond donors (Lipinski definition) is 3. The van der Waals surface area contributed by atoms with Crippen molar-refractivity contribution in [2.24, 2.45) is 0 Å². The Bertz CT molecular complexity index is 1230. The molecule has 0 bridgehead atoms. The molecule has 3 heterocycles. The molecule has 3 aliphatic heterocycles. The van der Waals surface area contributed by atoms with E-state index in [4.69, 9.17) is 18.9 Å². The van der Waals surface area contributed by atoms with E-state index in [0.717, 1.165) is 10.5 Å². The average Bonchev–Trinajstić information content (AvgIpc) is 3.36. The molecule has 0 radical (unpaired) electrons. The topological polar surface area (TPSA) is 145 Å². The predicted molar refractivity (Wildman–Crippen MR) is 120 cm³/mol. The van der Waals surface area contributed by atoms with E-state index in [2.05, 4.69) is 16.0 Å². The molecule has 3 N–H and O–H groups in total. The number of amides is 6. The van der Waals surface area contributed by atoms with Gasteiger partial charge in [0.2, 0.25) is 12.7 Å². The zero-order valence-electron chi connectivity index (χ0n) is 18.7. The van der Waals surface area contributed by atoms with Crippen molar-refractivity contribution < 1.29 is 38.1 Å². The van der Waals surface area contributed by atoms with Crippen molar-refractivity contribution in [3.8, 4) is 23.0 Å². The minimum Gasteiger partial charge on any atom is -0.486 e. The molecule has 6 amide bonds. The molecule has 1 saturated heterocycles. The second-order valence-electron chi connectivity index (χ2n) is 8.38. The van der Waals surface area contributed by atoms with E-state index in [9.17, 15) is 19.2 Å². The van der Waals surface area contributed by atoms with Gasteiger partial charge in [0.25, 0.3) is 5.91 Å². The summed E-state index contributed by atoms with van der Waals surface area (Å²) in [4.78, 5) is 50.9. The van der Waals surface area contributed by atoms with Gasteiger partial charge in [-0.05, 0) is 36.8 Å². The zero-order valence-corrected chi connectivity index (χ0v) is 18.7. The maximum Gasteiger partial charge on any atom is 0.325 e. The lowest BCUT2D eigenvalue weighted by atomic mass is 9.92. The SMILES string of the molecule is CC1(Cc2ccc3c(c2)OCO3)NC(=O)N(CC(=O)NC(=O)Nc2ccc3c(c2)OCCO3)C1=O. The maximum absolute atomic E-state index is 13.0. The number of nitrogens with zero attached hydrogens (tertiary/aromatic N) is 1. The molecule has 12 heteroatoms. The summed E-state index contributed by atoms with van der Waals surface area (Å²) in [6, 6.07) is 8.50. The van der Waals surface area contributed by atoms with Crippen molar-refractivity contribution >= 4 is 29.6 Å². The Hall–Kier alpha value is -4.48. The molecule has 2 aromatic rings. The highest BCUT2D eigenvalue weighted by atomic mass is 16.7. The van der Waals surface area contributed by atoms with Crippen molar-refractivity contribution in [1.29, 1.82) is 0 Å². The van der Waals surface area contributed by atoms with Gasteiger partial charge in [0.1, 0.15) is 25.3 Å². The summed E-state index contributed by atoms with van der Waals surface area (Å²) in [5.74, 6) is 0.789. The van der Waals surface area contributed by atoms with Gasteiger partial charge in [0, 0.05) is 18.2 Å². The van der Waals surface area contributed by atoms with Crippen molar-refractivity contribution in [3.05, 3.63) is 42.0 Å². The molecule has 5 rings (SSSR count). The molecule has 0 aromatic heterocycles. The summed E-state index contributed by atoms with van der Waals surface area (Å²) in [5, 5.41) is 7.26. The molecule has 1 fully saturated rings. The molecule has 1 unspecified atom stereocenters. The summed E-state index contributed by atoms with van der Waals surface area (Å²) < 4.78 is 21.5. The molecule has 0 saturated carbocycles. The number of anilines is 1. The normalized spacial score (nSPS) is 19.9. The first kappa shape index (κ1) is 22.3. The Morgan fingerprint density at radius 2 is 1.66 bits per heavy atom. The highest BCUT2D eigenvalue weighted by Gasteiger charge is 2.48. The van der Waals surface area contributed by atoms with Gasteiger partial charge in [-0.25, -0.2) is 9.59 Å². The van der Waals surface area contributed by atoms with Gasteiger partial charge in [-0.1, -0.05) is 6.07 Å².